The van der Waals surface area contributed by atoms with E-state index >= 15 is 0 Å². The maximum Gasteiger partial charge on any atom is 0.242 e. The predicted molar refractivity (Wildman–Crippen MR) is 138 cm³/mol. The third kappa shape index (κ3) is 8.76. The summed E-state index contributed by atoms with van der Waals surface area (Å²) in [5.74, 6) is 1.84. The lowest BCUT2D eigenvalue weighted by Gasteiger charge is -2.31. The lowest BCUT2D eigenvalue weighted by atomic mass is 10.1. The zero-order valence-electron chi connectivity index (χ0n) is 19.6. The summed E-state index contributed by atoms with van der Waals surface area (Å²) in [5.41, 5.74) is 1.93. The molecule has 2 aromatic carbocycles. The van der Waals surface area contributed by atoms with Crippen LogP contribution >= 0.6 is 35.0 Å². The Kier molecular flexibility index (Phi) is 11.4. The van der Waals surface area contributed by atoms with Crippen molar-refractivity contribution in [2.24, 2.45) is 5.92 Å². The van der Waals surface area contributed by atoms with Gasteiger partial charge in [-0.25, -0.2) is 0 Å². The fourth-order valence-electron chi connectivity index (χ4n) is 3.24. The van der Waals surface area contributed by atoms with Gasteiger partial charge >= 0.3 is 0 Å². The van der Waals surface area contributed by atoms with Crippen LogP contribution in [-0.4, -0.2) is 42.2 Å². The number of hydrogen-bond acceptors (Lipinski definition) is 4. The number of methoxy groups -OCH3 is 1. The molecule has 5 nitrogen and oxygen atoms in total. The van der Waals surface area contributed by atoms with Crippen molar-refractivity contribution in [2.45, 2.75) is 45.5 Å². The fourth-order valence-corrected chi connectivity index (χ4v) is 4.43. The van der Waals surface area contributed by atoms with E-state index in [1.165, 1.54) is 11.8 Å². The van der Waals surface area contributed by atoms with E-state index in [9.17, 15) is 9.59 Å². The van der Waals surface area contributed by atoms with Crippen LogP contribution in [0.1, 0.15) is 38.3 Å². The van der Waals surface area contributed by atoms with Gasteiger partial charge in [0.05, 0.1) is 22.9 Å². The van der Waals surface area contributed by atoms with Gasteiger partial charge in [0, 0.05) is 18.8 Å². The largest absolute Gasteiger partial charge is 0.497 e. The van der Waals surface area contributed by atoms with Gasteiger partial charge in [0.25, 0.3) is 0 Å². The molecule has 0 aliphatic heterocycles. The lowest BCUT2D eigenvalue weighted by Crippen LogP contribution is -2.50. The highest BCUT2D eigenvalue weighted by Crippen LogP contribution is 2.25. The molecule has 180 valence electrons. The molecule has 0 spiro atoms. The summed E-state index contributed by atoms with van der Waals surface area (Å²) in [7, 11) is 1.63. The average molecular weight is 512 g/mol. The van der Waals surface area contributed by atoms with Crippen LogP contribution in [0.4, 0.5) is 0 Å². The highest BCUT2D eigenvalue weighted by atomic mass is 35.5. The minimum Gasteiger partial charge on any atom is -0.497 e. The number of hydrogen-bond donors (Lipinski definition) is 1. The van der Waals surface area contributed by atoms with Crippen molar-refractivity contribution in [3.05, 3.63) is 63.6 Å². The molecule has 0 aromatic heterocycles. The van der Waals surface area contributed by atoms with Gasteiger partial charge in [-0.2, -0.15) is 0 Å². The van der Waals surface area contributed by atoms with Crippen LogP contribution < -0.4 is 10.1 Å². The number of amides is 2. The van der Waals surface area contributed by atoms with Crippen molar-refractivity contribution < 1.29 is 14.3 Å². The number of halogens is 2. The summed E-state index contributed by atoms with van der Waals surface area (Å²) in [5, 5.41) is 3.85. The number of benzene rings is 2. The quantitative estimate of drug-likeness (QED) is 0.391. The normalized spacial score (nSPS) is 11.8. The number of thioether (sulfide) groups is 1. The van der Waals surface area contributed by atoms with E-state index in [1.54, 1.807) is 24.1 Å². The number of ether oxygens (including phenoxy) is 1. The summed E-state index contributed by atoms with van der Waals surface area (Å²) in [6.07, 6.45) is 0.514. The van der Waals surface area contributed by atoms with Crippen LogP contribution in [0.2, 0.25) is 10.0 Å². The SMILES string of the molecule is CCC(C(=O)NCC(C)C)N(Cc1ccc(Cl)c(Cl)c1)C(=O)CSCc1ccc(OC)cc1. The maximum absolute atomic E-state index is 13.3. The van der Waals surface area contributed by atoms with Gasteiger partial charge in [-0.05, 0) is 47.7 Å². The predicted octanol–water partition coefficient (Wildman–Crippen LogP) is 5.81. The first kappa shape index (κ1) is 27.4. The van der Waals surface area contributed by atoms with E-state index in [4.69, 9.17) is 27.9 Å². The zero-order chi connectivity index (χ0) is 24.4. The maximum atomic E-state index is 13.3. The standard InChI is InChI=1S/C25H32Cl2N2O3S/c1-5-23(25(31)28-13-17(2)3)29(14-19-8-11-21(26)22(27)12-19)24(30)16-33-15-18-6-9-20(32-4)10-7-18/h6-12,17,23H,5,13-16H2,1-4H3,(H,28,31). The molecule has 0 fully saturated rings. The van der Waals surface area contributed by atoms with Crippen molar-refractivity contribution in [3.8, 4) is 5.75 Å². The van der Waals surface area contributed by atoms with E-state index in [-0.39, 0.29) is 24.1 Å². The molecule has 1 N–H and O–H groups in total. The first-order valence-corrected chi connectivity index (χ1v) is 12.9. The molecular weight excluding hydrogens is 479 g/mol. The highest BCUT2D eigenvalue weighted by Gasteiger charge is 2.28. The van der Waals surface area contributed by atoms with Crippen molar-refractivity contribution in [3.63, 3.8) is 0 Å². The Morgan fingerprint density at radius 2 is 1.73 bits per heavy atom. The summed E-state index contributed by atoms with van der Waals surface area (Å²) in [6.45, 7) is 6.84. The van der Waals surface area contributed by atoms with E-state index in [2.05, 4.69) is 5.32 Å². The monoisotopic (exact) mass is 510 g/mol. The molecule has 0 bridgehead atoms. The second-order valence-electron chi connectivity index (χ2n) is 8.17. The molecule has 0 saturated carbocycles. The summed E-state index contributed by atoms with van der Waals surface area (Å²) in [4.78, 5) is 27.8. The van der Waals surface area contributed by atoms with Gasteiger partial charge in [-0.3, -0.25) is 9.59 Å². The minimum absolute atomic E-state index is 0.0915. The molecule has 0 radical (unpaired) electrons. The summed E-state index contributed by atoms with van der Waals surface area (Å²) < 4.78 is 5.19. The lowest BCUT2D eigenvalue weighted by molar-refractivity contribution is -0.139. The second-order valence-corrected chi connectivity index (χ2v) is 9.97. The number of carbonyl (C=O) groups excluding carboxylic acids is 2. The number of nitrogens with one attached hydrogen (secondary N) is 1. The Morgan fingerprint density at radius 1 is 1.06 bits per heavy atom. The molecule has 2 rings (SSSR count). The average Bonchev–Trinajstić information content (AvgIpc) is 2.80. The third-order valence-corrected chi connectivity index (χ3v) is 6.79. The number of carbonyl (C=O) groups is 2. The number of rotatable bonds is 12. The van der Waals surface area contributed by atoms with Gasteiger partial charge in [-0.15, -0.1) is 11.8 Å². The smallest absolute Gasteiger partial charge is 0.242 e. The van der Waals surface area contributed by atoms with Crippen molar-refractivity contribution >= 4 is 46.8 Å². The van der Waals surface area contributed by atoms with Crippen LogP contribution in [-0.2, 0) is 21.9 Å². The molecule has 0 aliphatic carbocycles. The summed E-state index contributed by atoms with van der Waals surface area (Å²) in [6, 6.07) is 12.5. The van der Waals surface area contributed by atoms with Crippen LogP contribution in [0.15, 0.2) is 42.5 Å². The molecule has 2 amide bonds. The minimum atomic E-state index is -0.563. The molecule has 0 heterocycles. The van der Waals surface area contributed by atoms with Crippen molar-refractivity contribution in [2.75, 3.05) is 19.4 Å². The molecule has 0 saturated heterocycles. The Labute approximate surface area is 211 Å². The van der Waals surface area contributed by atoms with Crippen LogP contribution in [0, 0.1) is 5.92 Å². The van der Waals surface area contributed by atoms with Crippen LogP contribution in [0.25, 0.3) is 0 Å². The van der Waals surface area contributed by atoms with E-state index in [0.29, 0.717) is 34.7 Å². The third-order valence-electron chi connectivity index (χ3n) is 5.06. The molecule has 8 heteroatoms. The molecule has 33 heavy (non-hydrogen) atoms. The van der Waals surface area contributed by atoms with Crippen molar-refractivity contribution in [1.82, 2.24) is 10.2 Å². The topological polar surface area (TPSA) is 58.6 Å². The molecule has 2 aromatic rings. The Hall–Kier alpha value is -1.89. The van der Waals surface area contributed by atoms with Gasteiger partial charge in [-0.1, -0.05) is 62.2 Å². The first-order valence-electron chi connectivity index (χ1n) is 11.0. The molecule has 1 unspecified atom stereocenters. The van der Waals surface area contributed by atoms with E-state index < -0.39 is 6.04 Å². The Morgan fingerprint density at radius 3 is 2.30 bits per heavy atom. The molecule has 0 aliphatic rings. The first-order chi connectivity index (χ1) is 15.7. The fraction of sp³-hybridized carbons (Fsp3) is 0.440. The van der Waals surface area contributed by atoms with Crippen LogP contribution in [0.3, 0.4) is 0 Å². The van der Waals surface area contributed by atoms with Gasteiger partial charge in [0.2, 0.25) is 11.8 Å². The highest BCUT2D eigenvalue weighted by molar-refractivity contribution is 7.99. The van der Waals surface area contributed by atoms with Crippen molar-refractivity contribution in [1.29, 1.82) is 0 Å². The second kappa shape index (κ2) is 13.7. The van der Waals surface area contributed by atoms with Gasteiger partial charge < -0.3 is 15.0 Å². The zero-order valence-corrected chi connectivity index (χ0v) is 21.9. The van der Waals surface area contributed by atoms with Gasteiger partial charge in [0.1, 0.15) is 11.8 Å². The van der Waals surface area contributed by atoms with E-state index in [1.807, 2.05) is 51.1 Å². The number of nitrogens with zero attached hydrogens (tertiary/aromatic N) is 1. The molecule has 1 atom stereocenters. The Balaban J connectivity index is 2.13. The van der Waals surface area contributed by atoms with E-state index in [0.717, 1.165) is 16.9 Å². The Bertz CT molecular complexity index is 922. The molecular formula is C25H32Cl2N2O3S. The summed E-state index contributed by atoms with van der Waals surface area (Å²) >= 11 is 13.8. The van der Waals surface area contributed by atoms with Gasteiger partial charge in [0.15, 0.2) is 0 Å². The van der Waals surface area contributed by atoms with Crippen LogP contribution in [0.5, 0.6) is 5.75 Å².